The average molecular weight is 260 g/mol. The molecule has 96 valence electrons. The van der Waals surface area contributed by atoms with Gasteiger partial charge in [0.2, 0.25) is 0 Å². The van der Waals surface area contributed by atoms with Crippen molar-refractivity contribution >= 4 is 23.4 Å². The zero-order valence-electron chi connectivity index (χ0n) is 10.7. The van der Waals surface area contributed by atoms with Gasteiger partial charge in [-0.05, 0) is 34.6 Å². The fraction of sp³-hybridized carbons (Fsp3) is 0.636. The highest BCUT2D eigenvalue weighted by Gasteiger charge is 2.18. The Bertz CT molecular complexity index is 407. The third kappa shape index (κ3) is 4.26. The van der Waals surface area contributed by atoms with E-state index >= 15 is 0 Å². The lowest BCUT2D eigenvalue weighted by Crippen LogP contribution is -2.27. The van der Waals surface area contributed by atoms with E-state index in [1.165, 1.54) is 0 Å². The van der Waals surface area contributed by atoms with E-state index in [4.69, 9.17) is 16.3 Å². The topological polar surface area (TPSA) is 56.2 Å². The number of hydrogen-bond donors (Lipinski definition) is 1. The summed E-state index contributed by atoms with van der Waals surface area (Å²) < 4.78 is 6.80. The van der Waals surface area contributed by atoms with Gasteiger partial charge >= 0.3 is 6.09 Å². The van der Waals surface area contributed by atoms with Crippen molar-refractivity contribution in [2.45, 2.75) is 46.3 Å². The van der Waals surface area contributed by atoms with Gasteiger partial charge < -0.3 is 4.74 Å². The summed E-state index contributed by atoms with van der Waals surface area (Å²) >= 11 is 5.90. The molecule has 0 aliphatic rings. The van der Waals surface area contributed by atoms with E-state index in [1.54, 1.807) is 31.6 Å². The summed E-state index contributed by atoms with van der Waals surface area (Å²) in [6.45, 7) is 9.34. The molecular formula is C11H18ClN3O2. The van der Waals surface area contributed by atoms with Crippen LogP contribution in [0, 0.1) is 0 Å². The van der Waals surface area contributed by atoms with Gasteiger partial charge in [0, 0.05) is 6.04 Å². The third-order valence-corrected chi connectivity index (χ3v) is 2.13. The third-order valence-electron chi connectivity index (χ3n) is 1.85. The van der Waals surface area contributed by atoms with Crippen LogP contribution in [0.4, 0.5) is 10.5 Å². The Hall–Kier alpha value is -1.23. The minimum absolute atomic E-state index is 0.182. The standard InChI is InChI=1S/C11H18ClN3O2/c1-7(2)15-6-8(9(12)14-15)13-10(16)17-11(3,4)5/h6-7H,1-5H3,(H,13,16). The first-order valence-electron chi connectivity index (χ1n) is 5.43. The fourth-order valence-electron chi connectivity index (χ4n) is 1.13. The summed E-state index contributed by atoms with van der Waals surface area (Å²) in [4.78, 5) is 11.5. The van der Waals surface area contributed by atoms with Gasteiger partial charge in [-0.25, -0.2) is 4.79 Å². The Balaban J connectivity index is 2.72. The van der Waals surface area contributed by atoms with Crippen LogP contribution < -0.4 is 5.32 Å². The van der Waals surface area contributed by atoms with Gasteiger partial charge in [-0.2, -0.15) is 5.10 Å². The van der Waals surface area contributed by atoms with Crippen LogP contribution in [0.15, 0.2) is 6.20 Å². The van der Waals surface area contributed by atoms with Crippen molar-refractivity contribution in [3.05, 3.63) is 11.3 Å². The van der Waals surface area contributed by atoms with Crippen molar-refractivity contribution in [3.8, 4) is 0 Å². The molecule has 0 bridgehead atoms. The summed E-state index contributed by atoms with van der Waals surface area (Å²) in [5, 5.41) is 6.89. The summed E-state index contributed by atoms with van der Waals surface area (Å²) in [7, 11) is 0. The number of rotatable bonds is 2. The van der Waals surface area contributed by atoms with E-state index in [2.05, 4.69) is 10.4 Å². The highest BCUT2D eigenvalue weighted by Crippen LogP contribution is 2.22. The number of nitrogens with one attached hydrogen (secondary N) is 1. The van der Waals surface area contributed by atoms with Gasteiger partial charge in [0.1, 0.15) is 11.3 Å². The van der Waals surface area contributed by atoms with Crippen molar-refractivity contribution in [2.75, 3.05) is 5.32 Å². The largest absolute Gasteiger partial charge is 0.444 e. The molecule has 1 rings (SSSR count). The van der Waals surface area contributed by atoms with E-state index < -0.39 is 11.7 Å². The summed E-state index contributed by atoms with van der Waals surface area (Å²) in [5.74, 6) is 0. The molecule has 6 heteroatoms. The van der Waals surface area contributed by atoms with Crippen LogP contribution in [-0.4, -0.2) is 21.5 Å². The van der Waals surface area contributed by atoms with E-state index in [-0.39, 0.29) is 11.2 Å². The van der Waals surface area contributed by atoms with E-state index in [0.717, 1.165) is 0 Å². The monoisotopic (exact) mass is 259 g/mol. The number of halogens is 1. The molecule has 1 aromatic rings. The zero-order valence-corrected chi connectivity index (χ0v) is 11.5. The second-order valence-corrected chi connectivity index (χ2v) is 5.39. The second kappa shape index (κ2) is 4.96. The molecule has 5 nitrogen and oxygen atoms in total. The van der Waals surface area contributed by atoms with Crippen molar-refractivity contribution in [2.24, 2.45) is 0 Å². The molecule has 0 atom stereocenters. The average Bonchev–Trinajstić information content (AvgIpc) is 2.44. The molecule has 0 saturated heterocycles. The van der Waals surface area contributed by atoms with Crippen molar-refractivity contribution in [1.82, 2.24) is 9.78 Å². The maximum atomic E-state index is 11.5. The maximum Gasteiger partial charge on any atom is 0.412 e. The summed E-state index contributed by atoms with van der Waals surface area (Å²) in [6, 6.07) is 0.182. The van der Waals surface area contributed by atoms with E-state index in [0.29, 0.717) is 5.69 Å². The normalized spacial score (nSPS) is 11.7. The number of carbonyl (C=O) groups excluding carboxylic acids is 1. The Morgan fingerprint density at radius 3 is 2.53 bits per heavy atom. The lowest BCUT2D eigenvalue weighted by Gasteiger charge is -2.19. The maximum absolute atomic E-state index is 11.5. The summed E-state index contributed by atoms with van der Waals surface area (Å²) in [5.41, 5.74) is -0.0838. The van der Waals surface area contributed by atoms with Gasteiger partial charge in [-0.1, -0.05) is 11.6 Å². The van der Waals surface area contributed by atoms with Crippen LogP contribution >= 0.6 is 11.6 Å². The van der Waals surface area contributed by atoms with E-state index in [1.807, 2.05) is 13.8 Å². The minimum atomic E-state index is -0.539. The SMILES string of the molecule is CC(C)n1cc(NC(=O)OC(C)(C)C)c(Cl)n1. The molecule has 0 spiro atoms. The second-order valence-electron chi connectivity index (χ2n) is 5.03. The molecule has 0 unspecified atom stereocenters. The zero-order chi connectivity index (χ0) is 13.2. The molecule has 0 aromatic carbocycles. The molecule has 1 N–H and O–H groups in total. The molecule has 0 fully saturated rings. The first-order valence-corrected chi connectivity index (χ1v) is 5.81. The number of ether oxygens (including phenoxy) is 1. The summed E-state index contributed by atoms with van der Waals surface area (Å²) in [6.07, 6.45) is 1.14. The number of hydrogen-bond acceptors (Lipinski definition) is 3. The van der Waals surface area contributed by atoms with Crippen LogP contribution in [0.2, 0.25) is 5.15 Å². The highest BCUT2D eigenvalue weighted by molar-refractivity contribution is 6.32. The molecule has 0 radical (unpaired) electrons. The number of amides is 1. The Labute approximate surface area is 106 Å². The van der Waals surface area contributed by atoms with Gasteiger partial charge in [-0.3, -0.25) is 10.00 Å². The molecule has 0 aliphatic carbocycles. The first-order chi connectivity index (χ1) is 7.69. The Morgan fingerprint density at radius 1 is 1.53 bits per heavy atom. The van der Waals surface area contributed by atoms with Gasteiger partial charge in [0.25, 0.3) is 0 Å². The smallest absolute Gasteiger partial charge is 0.412 e. The predicted molar refractivity (Wildman–Crippen MR) is 67.5 cm³/mol. The Morgan fingerprint density at radius 2 is 2.12 bits per heavy atom. The number of nitrogens with zero attached hydrogens (tertiary/aromatic N) is 2. The van der Waals surface area contributed by atoms with Gasteiger partial charge in [0.15, 0.2) is 5.15 Å². The molecular weight excluding hydrogens is 242 g/mol. The van der Waals surface area contributed by atoms with Crippen LogP contribution in [0.25, 0.3) is 0 Å². The van der Waals surface area contributed by atoms with E-state index in [9.17, 15) is 4.79 Å². The van der Waals surface area contributed by atoms with Crippen LogP contribution in [0.5, 0.6) is 0 Å². The molecule has 0 aliphatic heterocycles. The van der Waals surface area contributed by atoms with Crippen molar-refractivity contribution in [1.29, 1.82) is 0 Å². The number of carbonyl (C=O) groups is 1. The van der Waals surface area contributed by atoms with Crippen LogP contribution in [-0.2, 0) is 4.74 Å². The van der Waals surface area contributed by atoms with Crippen LogP contribution in [0.3, 0.4) is 0 Å². The molecule has 1 aromatic heterocycles. The van der Waals surface area contributed by atoms with Crippen LogP contribution in [0.1, 0.15) is 40.7 Å². The van der Waals surface area contributed by atoms with Crippen molar-refractivity contribution in [3.63, 3.8) is 0 Å². The minimum Gasteiger partial charge on any atom is -0.444 e. The molecule has 1 amide bonds. The fourth-order valence-corrected chi connectivity index (χ4v) is 1.31. The van der Waals surface area contributed by atoms with Gasteiger partial charge in [0.05, 0.1) is 6.20 Å². The molecule has 1 heterocycles. The number of anilines is 1. The number of aromatic nitrogens is 2. The molecule has 0 saturated carbocycles. The van der Waals surface area contributed by atoms with Gasteiger partial charge in [-0.15, -0.1) is 0 Å². The predicted octanol–water partition coefficient (Wildman–Crippen LogP) is 3.46. The lowest BCUT2D eigenvalue weighted by atomic mass is 10.2. The lowest BCUT2D eigenvalue weighted by molar-refractivity contribution is 0.0636. The van der Waals surface area contributed by atoms with Crippen molar-refractivity contribution < 1.29 is 9.53 Å². The Kier molecular flexibility index (Phi) is 4.03. The molecule has 17 heavy (non-hydrogen) atoms. The first kappa shape index (κ1) is 13.8. The highest BCUT2D eigenvalue weighted by atomic mass is 35.5. The quantitative estimate of drug-likeness (QED) is 0.885.